The van der Waals surface area contributed by atoms with Gasteiger partial charge in [-0.25, -0.2) is 0 Å². The lowest BCUT2D eigenvalue weighted by Gasteiger charge is -2.18. The third-order valence-corrected chi connectivity index (χ3v) is 6.18. The van der Waals surface area contributed by atoms with E-state index in [1.807, 2.05) is 0 Å². The molecule has 0 aliphatic heterocycles. The SMILES string of the molecule is CCCCC(CC)C[PH](=O)CC(CC)CCCC. The minimum absolute atomic E-state index is 0.722. The van der Waals surface area contributed by atoms with Crippen molar-refractivity contribution >= 4 is 7.80 Å². The van der Waals surface area contributed by atoms with E-state index in [0.717, 1.165) is 24.2 Å². The molecule has 2 heteroatoms. The lowest BCUT2D eigenvalue weighted by molar-refractivity contribution is 0.470. The molecule has 0 aromatic heterocycles. The summed E-state index contributed by atoms with van der Waals surface area (Å²) in [5, 5.41) is 0. The lowest BCUT2D eigenvalue weighted by atomic mass is 10.0. The molecule has 0 heterocycles. The van der Waals surface area contributed by atoms with Gasteiger partial charge in [0.1, 0.15) is 0 Å². The maximum absolute atomic E-state index is 12.3. The predicted octanol–water partition coefficient (Wildman–Crippen LogP) is 5.98. The summed E-state index contributed by atoms with van der Waals surface area (Å²) in [5.74, 6) is 1.44. The van der Waals surface area contributed by atoms with E-state index in [1.54, 1.807) is 0 Å². The Bertz CT molecular complexity index is 183. The van der Waals surface area contributed by atoms with E-state index in [1.165, 1.54) is 51.4 Å². The predicted molar refractivity (Wildman–Crippen MR) is 85.3 cm³/mol. The van der Waals surface area contributed by atoms with Gasteiger partial charge in [0, 0.05) is 12.3 Å². The van der Waals surface area contributed by atoms with Crippen molar-refractivity contribution in [3.05, 3.63) is 0 Å². The van der Waals surface area contributed by atoms with Crippen LogP contribution >= 0.6 is 7.80 Å². The molecule has 0 spiro atoms. The second-order valence-corrected chi connectivity index (χ2v) is 7.67. The Morgan fingerprint density at radius 3 is 1.44 bits per heavy atom. The van der Waals surface area contributed by atoms with E-state index < -0.39 is 7.80 Å². The standard InChI is InChI=1S/C16H35OP/c1-5-9-11-15(7-3)13-18(17)14-16(8-4)12-10-6-2/h15-16,18H,5-14H2,1-4H3. The molecule has 0 saturated carbocycles. The number of hydrogen-bond acceptors (Lipinski definition) is 1. The van der Waals surface area contributed by atoms with Crippen molar-refractivity contribution in [1.29, 1.82) is 0 Å². The molecule has 18 heavy (non-hydrogen) atoms. The molecule has 0 saturated heterocycles. The Morgan fingerprint density at radius 1 is 0.778 bits per heavy atom. The summed E-state index contributed by atoms with van der Waals surface area (Å²) in [6.07, 6.45) is 12.2. The van der Waals surface area contributed by atoms with Crippen LogP contribution in [-0.2, 0) is 4.57 Å². The second-order valence-electron chi connectivity index (χ2n) is 5.78. The number of unbranched alkanes of at least 4 members (excludes halogenated alkanes) is 2. The van der Waals surface area contributed by atoms with Crippen molar-refractivity contribution < 1.29 is 4.57 Å². The van der Waals surface area contributed by atoms with Crippen molar-refractivity contribution in [2.45, 2.75) is 79.1 Å². The molecule has 2 unspecified atom stereocenters. The summed E-state index contributed by atoms with van der Waals surface area (Å²) < 4.78 is 12.3. The van der Waals surface area contributed by atoms with E-state index in [0.29, 0.717) is 0 Å². The molecule has 0 aliphatic carbocycles. The Hall–Kier alpha value is 0.230. The van der Waals surface area contributed by atoms with Gasteiger partial charge in [-0.15, -0.1) is 0 Å². The highest BCUT2D eigenvalue weighted by Gasteiger charge is 2.14. The van der Waals surface area contributed by atoms with Gasteiger partial charge >= 0.3 is 0 Å². The molecule has 0 aromatic carbocycles. The zero-order valence-corrected chi connectivity index (χ0v) is 14.1. The summed E-state index contributed by atoms with van der Waals surface area (Å²) in [4.78, 5) is 0. The highest BCUT2D eigenvalue weighted by molar-refractivity contribution is 7.44. The summed E-state index contributed by atoms with van der Waals surface area (Å²) in [5.41, 5.74) is 0. The zero-order valence-electron chi connectivity index (χ0n) is 13.1. The van der Waals surface area contributed by atoms with E-state index >= 15 is 0 Å². The molecular weight excluding hydrogens is 239 g/mol. The molecule has 0 amide bonds. The first kappa shape index (κ1) is 18.2. The normalized spacial score (nSPS) is 16.4. The first-order chi connectivity index (χ1) is 8.67. The van der Waals surface area contributed by atoms with E-state index in [2.05, 4.69) is 27.7 Å². The maximum atomic E-state index is 12.3. The quantitative estimate of drug-likeness (QED) is 0.400. The van der Waals surface area contributed by atoms with Gasteiger partial charge in [0.25, 0.3) is 0 Å². The van der Waals surface area contributed by atoms with Gasteiger partial charge in [0.15, 0.2) is 0 Å². The first-order valence-corrected chi connectivity index (χ1v) is 10.0. The van der Waals surface area contributed by atoms with E-state index in [4.69, 9.17) is 0 Å². The minimum atomic E-state index is -1.32. The number of rotatable bonds is 12. The molecule has 0 rings (SSSR count). The van der Waals surface area contributed by atoms with Crippen LogP contribution in [0.2, 0.25) is 0 Å². The molecule has 110 valence electrons. The Balaban J connectivity index is 3.96. The molecule has 0 aromatic rings. The van der Waals surface area contributed by atoms with Crippen molar-refractivity contribution in [1.82, 2.24) is 0 Å². The fourth-order valence-electron chi connectivity index (χ4n) is 2.61. The van der Waals surface area contributed by atoms with Crippen LogP contribution < -0.4 is 0 Å². The third-order valence-electron chi connectivity index (χ3n) is 4.12. The summed E-state index contributed by atoms with van der Waals surface area (Å²) >= 11 is 0. The van der Waals surface area contributed by atoms with E-state index in [9.17, 15) is 4.57 Å². The van der Waals surface area contributed by atoms with Gasteiger partial charge < -0.3 is 4.57 Å². The average Bonchev–Trinajstić information content (AvgIpc) is 2.39. The molecule has 0 N–H and O–H groups in total. The van der Waals surface area contributed by atoms with Crippen LogP contribution in [0.3, 0.4) is 0 Å². The van der Waals surface area contributed by atoms with Crippen molar-refractivity contribution in [2.24, 2.45) is 11.8 Å². The van der Waals surface area contributed by atoms with Crippen LogP contribution in [0.1, 0.15) is 79.1 Å². The molecular formula is C16H35OP. The average molecular weight is 274 g/mol. The van der Waals surface area contributed by atoms with Crippen LogP contribution in [0, 0.1) is 11.8 Å². The summed E-state index contributed by atoms with van der Waals surface area (Å²) in [7, 11) is -1.32. The molecule has 0 radical (unpaired) electrons. The summed E-state index contributed by atoms with van der Waals surface area (Å²) in [6.45, 7) is 9.00. The molecule has 0 aliphatic rings. The van der Waals surface area contributed by atoms with Gasteiger partial charge in [-0.2, -0.15) is 0 Å². The van der Waals surface area contributed by atoms with Gasteiger partial charge in [-0.05, 0) is 11.8 Å². The van der Waals surface area contributed by atoms with Gasteiger partial charge in [0.2, 0.25) is 0 Å². The van der Waals surface area contributed by atoms with Crippen LogP contribution in [0.5, 0.6) is 0 Å². The topological polar surface area (TPSA) is 17.1 Å². The largest absolute Gasteiger partial charge is 0.327 e. The molecule has 2 atom stereocenters. The Labute approximate surface area is 116 Å². The Morgan fingerprint density at radius 2 is 1.17 bits per heavy atom. The maximum Gasteiger partial charge on any atom is 0.0767 e. The third kappa shape index (κ3) is 9.20. The smallest absolute Gasteiger partial charge is 0.0767 e. The highest BCUT2D eigenvalue weighted by Crippen LogP contribution is 2.33. The van der Waals surface area contributed by atoms with Gasteiger partial charge in [-0.3, -0.25) is 0 Å². The monoisotopic (exact) mass is 274 g/mol. The van der Waals surface area contributed by atoms with Crippen molar-refractivity contribution in [2.75, 3.05) is 12.3 Å². The van der Waals surface area contributed by atoms with E-state index in [-0.39, 0.29) is 0 Å². The van der Waals surface area contributed by atoms with Crippen molar-refractivity contribution in [3.63, 3.8) is 0 Å². The number of hydrogen-bond donors (Lipinski definition) is 0. The summed E-state index contributed by atoms with van der Waals surface area (Å²) in [6, 6.07) is 0. The van der Waals surface area contributed by atoms with Crippen molar-refractivity contribution in [3.8, 4) is 0 Å². The fraction of sp³-hybridized carbons (Fsp3) is 1.00. The van der Waals surface area contributed by atoms with Crippen LogP contribution in [0.15, 0.2) is 0 Å². The molecule has 1 nitrogen and oxygen atoms in total. The van der Waals surface area contributed by atoms with Gasteiger partial charge in [-0.1, -0.05) is 79.1 Å². The van der Waals surface area contributed by atoms with Crippen LogP contribution in [0.25, 0.3) is 0 Å². The first-order valence-electron chi connectivity index (χ1n) is 8.19. The molecule has 0 fully saturated rings. The molecule has 0 bridgehead atoms. The van der Waals surface area contributed by atoms with Crippen LogP contribution in [0.4, 0.5) is 0 Å². The zero-order chi connectivity index (χ0) is 13.8. The minimum Gasteiger partial charge on any atom is -0.327 e. The highest BCUT2D eigenvalue weighted by atomic mass is 31.1. The van der Waals surface area contributed by atoms with Crippen LogP contribution in [-0.4, -0.2) is 12.3 Å². The fourth-order valence-corrected chi connectivity index (χ4v) is 5.05. The second kappa shape index (κ2) is 12.3. The Kier molecular flexibility index (Phi) is 12.4. The van der Waals surface area contributed by atoms with Gasteiger partial charge in [0.05, 0.1) is 7.80 Å². The lowest BCUT2D eigenvalue weighted by Crippen LogP contribution is -2.07.